The largest absolute Gasteiger partial charge is 0.338 e. The number of carbonyl (C=O) groups is 1. The van der Waals surface area contributed by atoms with Crippen LogP contribution in [0.25, 0.3) is 0 Å². The summed E-state index contributed by atoms with van der Waals surface area (Å²) in [5, 5.41) is 8.83. The lowest BCUT2D eigenvalue weighted by atomic mass is 10.1. The van der Waals surface area contributed by atoms with E-state index in [0.29, 0.717) is 25.8 Å². The molecule has 0 aromatic carbocycles. The van der Waals surface area contributed by atoms with Crippen LogP contribution >= 0.6 is 0 Å². The Bertz CT molecular complexity index is 315. The molecule has 0 N–H and O–H groups in total. The topological polar surface area (TPSA) is 44.1 Å². The molecule has 1 aliphatic carbocycles. The van der Waals surface area contributed by atoms with Crippen molar-refractivity contribution in [1.29, 1.82) is 5.26 Å². The molecule has 14 heavy (non-hydrogen) atoms. The van der Waals surface area contributed by atoms with E-state index in [1.54, 1.807) is 0 Å². The summed E-state index contributed by atoms with van der Waals surface area (Å²) in [7, 11) is 0. The number of alkyl halides is 1. The minimum Gasteiger partial charge on any atom is -0.338 e. The first-order valence-corrected chi connectivity index (χ1v) is 4.89. The molecule has 2 fully saturated rings. The molecule has 1 atom stereocenters. The molecular formula is C10H13FN2O. The normalized spacial score (nSPS) is 33.9. The second-order valence-corrected chi connectivity index (χ2v) is 4.58. The maximum atomic E-state index is 13.5. The van der Waals surface area contributed by atoms with E-state index < -0.39 is 11.1 Å². The molecule has 0 unspecified atom stereocenters. The van der Waals surface area contributed by atoms with Gasteiger partial charge in [0, 0.05) is 13.0 Å². The van der Waals surface area contributed by atoms with Crippen LogP contribution in [0.5, 0.6) is 0 Å². The zero-order valence-corrected chi connectivity index (χ0v) is 8.22. The lowest BCUT2D eigenvalue weighted by molar-refractivity contribution is -0.134. The Morgan fingerprint density at radius 2 is 2.14 bits per heavy atom. The van der Waals surface area contributed by atoms with E-state index in [9.17, 15) is 9.18 Å². The number of carbonyl (C=O) groups excluding carboxylic acids is 1. The Kier molecular flexibility index (Phi) is 1.82. The van der Waals surface area contributed by atoms with Crippen LogP contribution in [-0.4, -0.2) is 29.6 Å². The van der Waals surface area contributed by atoms with Gasteiger partial charge >= 0.3 is 0 Å². The van der Waals surface area contributed by atoms with Gasteiger partial charge in [0.25, 0.3) is 0 Å². The van der Waals surface area contributed by atoms with Crippen LogP contribution in [0.4, 0.5) is 4.39 Å². The van der Waals surface area contributed by atoms with Gasteiger partial charge in [-0.25, -0.2) is 4.39 Å². The highest BCUT2D eigenvalue weighted by Crippen LogP contribution is 2.47. The van der Waals surface area contributed by atoms with E-state index in [1.165, 1.54) is 11.8 Å². The van der Waals surface area contributed by atoms with Crippen molar-refractivity contribution < 1.29 is 9.18 Å². The molecule has 4 heteroatoms. The zero-order valence-electron chi connectivity index (χ0n) is 8.22. The first-order valence-electron chi connectivity index (χ1n) is 4.89. The molecule has 1 amide bonds. The molecule has 1 heterocycles. The van der Waals surface area contributed by atoms with Crippen molar-refractivity contribution in [1.82, 2.24) is 4.90 Å². The van der Waals surface area contributed by atoms with Gasteiger partial charge < -0.3 is 4.90 Å². The first kappa shape index (κ1) is 9.45. The van der Waals surface area contributed by atoms with Crippen LogP contribution in [0.15, 0.2) is 0 Å². The van der Waals surface area contributed by atoms with Crippen LogP contribution < -0.4 is 0 Å². The Labute approximate surface area is 82.5 Å². The number of halogens is 1. The van der Waals surface area contributed by atoms with E-state index >= 15 is 0 Å². The van der Waals surface area contributed by atoms with Gasteiger partial charge in [-0.2, -0.15) is 5.26 Å². The number of likely N-dealkylation sites (tertiary alicyclic amines) is 1. The maximum Gasteiger partial charge on any atom is 0.243 e. The van der Waals surface area contributed by atoms with Crippen LogP contribution in [0.1, 0.15) is 26.2 Å². The van der Waals surface area contributed by atoms with Gasteiger partial charge in [-0.3, -0.25) is 4.79 Å². The summed E-state index contributed by atoms with van der Waals surface area (Å²) < 4.78 is 13.5. The van der Waals surface area contributed by atoms with Crippen molar-refractivity contribution >= 4 is 5.91 Å². The fourth-order valence-corrected chi connectivity index (χ4v) is 1.90. The SMILES string of the molecule is C[C@@]1(F)CCN(C(=O)C2(C#N)CC2)C1. The van der Waals surface area contributed by atoms with Crippen molar-refractivity contribution in [2.75, 3.05) is 13.1 Å². The summed E-state index contributed by atoms with van der Waals surface area (Å²) in [5.41, 5.74) is -2.05. The Morgan fingerprint density at radius 1 is 1.50 bits per heavy atom. The summed E-state index contributed by atoms with van der Waals surface area (Å²) in [6.07, 6.45) is 1.67. The predicted octanol–water partition coefficient (Wildman–Crippen LogP) is 1.25. The summed E-state index contributed by atoms with van der Waals surface area (Å²) in [6, 6.07) is 2.04. The number of nitrogens with zero attached hydrogens (tertiary/aromatic N) is 2. The maximum absolute atomic E-state index is 13.5. The van der Waals surface area contributed by atoms with Gasteiger partial charge in [0.05, 0.1) is 12.6 Å². The molecule has 76 valence electrons. The summed E-state index contributed by atoms with van der Waals surface area (Å²) >= 11 is 0. The molecular weight excluding hydrogens is 183 g/mol. The van der Waals surface area contributed by atoms with Gasteiger partial charge in [-0.05, 0) is 19.8 Å². The molecule has 0 aromatic rings. The molecule has 0 radical (unpaired) electrons. The molecule has 2 rings (SSSR count). The van der Waals surface area contributed by atoms with Crippen molar-refractivity contribution in [2.45, 2.75) is 31.9 Å². The minimum absolute atomic E-state index is 0.148. The van der Waals surface area contributed by atoms with Crippen molar-refractivity contribution in [3.05, 3.63) is 0 Å². The fourth-order valence-electron chi connectivity index (χ4n) is 1.90. The van der Waals surface area contributed by atoms with Gasteiger partial charge in [-0.15, -0.1) is 0 Å². The molecule has 3 nitrogen and oxygen atoms in total. The summed E-state index contributed by atoms with van der Waals surface area (Å²) in [5.74, 6) is -0.165. The molecule has 1 saturated carbocycles. The smallest absolute Gasteiger partial charge is 0.243 e. The molecule has 1 aliphatic heterocycles. The third kappa shape index (κ3) is 1.37. The van der Waals surface area contributed by atoms with E-state index in [2.05, 4.69) is 0 Å². The third-order valence-electron chi connectivity index (χ3n) is 3.08. The highest BCUT2D eigenvalue weighted by atomic mass is 19.1. The average Bonchev–Trinajstić information content (AvgIpc) is 2.85. The van der Waals surface area contributed by atoms with Gasteiger partial charge in [0.15, 0.2) is 0 Å². The number of hydrogen-bond donors (Lipinski definition) is 0. The predicted molar refractivity (Wildman–Crippen MR) is 48.0 cm³/mol. The lowest BCUT2D eigenvalue weighted by Gasteiger charge is -2.19. The van der Waals surface area contributed by atoms with Gasteiger partial charge in [-0.1, -0.05) is 0 Å². The number of nitriles is 1. The average molecular weight is 196 g/mol. The van der Waals surface area contributed by atoms with Crippen molar-refractivity contribution in [3.8, 4) is 6.07 Å². The second-order valence-electron chi connectivity index (χ2n) is 4.58. The van der Waals surface area contributed by atoms with Gasteiger partial charge in [0.2, 0.25) is 5.91 Å². The highest BCUT2D eigenvalue weighted by molar-refractivity contribution is 5.88. The quantitative estimate of drug-likeness (QED) is 0.633. The monoisotopic (exact) mass is 196 g/mol. The fraction of sp³-hybridized carbons (Fsp3) is 0.800. The second kappa shape index (κ2) is 2.69. The Hall–Kier alpha value is -1.11. The van der Waals surface area contributed by atoms with Crippen LogP contribution in [0.3, 0.4) is 0 Å². The number of amides is 1. The van der Waals surface area contributed by atoms with E-state index in [1.807, 2.05) is 6.07 Å². The molecule has 2 aliphatic rings. The molecule has 0 bridgehead atoms. The van der Waals surface area contributed by atoms with E-state index in [4.69, 9.17) is 5.26 Å². The van der Waals surface area contributed by atoms with Crippen molar-refractivity contribution in [3.63, 3.8) is 0 Å². The Morgan fingerprint density at radius 3 is 2.50 bits per heavy atom. The molecule has 0 spiro atoms. The lowest BCUT2D eigenvalue weighted by Crippen LogP contribution is -2.36. The van der Waals surface area contributed by atoms with Crippen molar-refractivity contribution in [2.24, 2.45) is 5.41 Å². The molecule has 1 saturated heterocycles. The first-order chi connectivity index (χ1) is 6.49. The Balaban J connectivity index is 2.05. The molecule has 0 aromatic heterocycles. The highest BCUT2D eigenvalue weighted by Gasteiger charge is 2.54. The minimum atomic E-state index is -1.26. The van der Waals surface area contributed by atoms with Gasteiger partial charge in [0.1, 0.15) is 11.1 Å². The van der Waals surface area contributed by atoms with Crippen LogP contribution in [0.2, 0.25) is 0 Å². The number of hydrogen-bond acceptors (Lipinski definition) is 2. The van der Waals surface area contributed by atoms with E-state index in [-0.39, 0.29) is 12.5 Å². The third-order valence-corrected chi connectivity index (χ3v) is 3.08. The van der Waals surface area contributed by atoms with Crippen LogP contribution in [0, 0.1) is 16.7 Å². The van der Waals surface area contributed by atoms with E-state index in [0.717, 1.165) is 0 Å². The summed E-state index contributed by atoms with van der Waals surface area (Å²) in [4.78, 5) is 13.3. The zero-order chi connectivity index (χ0) is 10.4. The summed E-state index contributed by atoms with van der Waals surface area (Å²) in [6.45, 7) is 2.11. The standard InChI is InChI=1S/C10H13FN2O/c1-9(11)4-5-13(7-9)8(14)10(6-12)2-3-10/h2-5,7H2,1H3/t9-/m1/s1. The number of rotatable bonds is 1. The van der Waals surface area contributed by atoms with Crippen LogP contribution in [-0.2, 0) is 4.79 Å².